The Morgan fingerprint density at radius 1 is 1.30 bits per heavy atom. The van der Waals surface area contributed by atoms with Gasteiger partial charge in [-0.05, 0) is 12.5 Å². The molecule has 106 valence electrons. The third-order valence-corrected chi connectivity index (χ3v) is 3.06. The number of aryl methyl sites for hydroxylation is 1. The fourth-order valence-electron chi connectivity index (χ4n) is 2.01. The van der Waals surface area contributed by atoms with E-state index in [2.05, 4.69) is 0 Å². The van der Waals surface area contributed by atoms with E-state index in [0.717, 1.165) is 6.42 Å². The average Bonchev–Trinajstić information content (AvgIpc) is 2.74. The van der Waals surface area contributed by atoms with Gasteiger partial charge in [-0.1, -0.05) is 6.92 Å². The summed E-state index contributed by atoms with van der Waals surface area (Å²) in [7, 11) is 0. The highest BCUT2D eigenvalue weighted by Crippen LogP contribution is 2.20. The summed E-state index contributed by atoms with van der Waals surface area (Å²) in [6, 6.07) is 4.24. The molecule has 2 aromatic rings. The van der Waals surface area contributed by atoms with Gasteiger partial charge in [0.15, 0.2) is 0 Å². The highest BCUT2D eigenvalue weighted by Gasteiger charge is 2.11. The van der Waals surface area contributed by atoms with Crippen LogP contribution in [-0.2, 0) is 13.1 Å². The summed E-state index contributed by atoms with van der Waals surface area (Å²) in [5.41, 5.74) is 6.64. The molecule has 7 heteroatoms. The number of nitrogens with zero attached hydrogens (tertiary/aromatic N) is 3. The lowest BCUT2D eigenvalue weighted by Crippen LogP contribution is -2.24. The molecule has 0 amide bonds. The summed E-state index contributed by atoms with van der Waals surface area (Å²) >= 11 is 0. The van der Waals surface area contributed by atoms with Crippen LogP contribution in [0.3, 0.4) is 0 Å². The first-order valence-corrected chi connectivity index (χ1v) is 6.31. The number of non-ortho nitro benzene ring substituents is 1. The predicted molar refractivity (Wildman–Crippen MR) is 75.6 cm³/mol. The molecule has 1 heterocycles. The molecule has 2 rings (SSSR count). The molecule has 0 aliphatic carbocycles. The minimum Gasteiger partial charge on any atom is -0.398 e. The maximum Gasteiger partial charge on any atom is 0.328 e. The van der Waals surface area contributed by atoms with Gasteiger partial charge in [-0.25, -0.2) is 4.79 Å². The van der Waals surface area contributed by atoms with Crippen molar-refractivity contribution in [2.45, 2.75) is 26.4 Å². The minimum absolute atomic E-state index is 0.0322. The standard InChI is InChI=1S/C13H16N4O3/c1-2-5-15-6-7-16(13(15)18)9-10-8-11(17(19)20)3-4-12(10)14/h3-4,6-8H,2,5,9,14H2,1H3. The summed E-state index contributed by atoms with van der Waals surface area (Å²) in [5, 5.41) is 10.8. The largest absolute Gasteiger partial charge is 0.398 e. The van der Waals surface area contributed by atoms with Crippen molar-refractivity contribution in [2.24, 2.45) is 0 Å². The molecule has 0 spiro atoms. The molecule has 0 atom stereocenters. The van der Waals surface area contributed by atoms with Crippen molar-refractivity contribution < 1.29 is 4.92 Å². The third-order valence-electron chi connectivity index (χ3n) is 3.06. The molecule has 0 aliphatic heterocycles. The van der Waals surface area contributed by atoms with Crippen LogP contribution in [0, 0.1) is 10.1 Å². The monoisotopic (exact) mass is 276 g/mol. The summed E-state index contributed by atoms with van der Waals surface area (Å²) in [6.07, 6.45) is 4.23. The van der Waals surface area contributed by atoms with Gasteiger partial charge < -0.3 is 5.73 Å². The second kappa shape index (κ2) is 5.60. The van der Waals surface area contributed by atoms with Crippen LogP contribution < -0.4 is 11.4 Å². The topological polar surface area (TPSA) is 96.1 Å². The molecule has 0 unspecified atom stereocenters. The third kappa shape index (κ3) is 2.71. The van der Waals surface area contributed by atoms with Crippen molar-refractivity contribution >= 4 is 11.4 Å². The molecule has 20 heavy (non-hydrogen) atoms. The number of hydrogen-bond donors (Lipinski definition) is 1. The van der Waals surface area contributed by atoms with Crippen molar-refractivity contribution in [1.29, 1.82) is 0 Å². The number of nitro benzene ring substituents is 1. The zero-order valence-corrected chi connectivity index (χ0v) is 11.2. The summed E-state index contributed by atoms with van der Waals surface area (Å²) < 4.78 is 3.10. The van der Waals surface area contributed by atoms with Crippen LogP contribution in [0.15, 0.2) is 35.4 Å². The molecule has 0 saturated carbocycles. The number of nitrogens with two attached hydrogens (primary N) is 1. The molecule has 7 nitrogen and oxygen atoms in total. The lowest BCUT2D eigenvalue weighted by atomic mass is 10.1. The Kier molecular flexibility index (Phi) is 3.88. The molecular formula is C13H16N4O3. The van der Waals surface area contributed by atoms with Gasteiger partial charge in [0.25, 0.3) is 5.69 Å². The highest BCUT2D eigenvalue weighted by molar-refractivity contribution is 5.52. The van der Waals surface area contributed by atoms with Crippen LogP contribution in [0.1, 0.15) is 18.9 Å². The first kappa shape index (κ1) is 13.9. The Labute approximate surface area is 115 Å². The second-order valence-corrected chi connectivity index (χ2v) is 4.54. The number of benzene rings is 1. The second-order valence-electron chi connectivity index (χ2n) is 4.54. The van der Waals surface area contributed by atoms with E-state index in [1.165, 1.54) is 22.8 Å². The first-order valence-electron chi connectivity index (χ1n) is 6.31. The van der Waals surface area contributed by atoms with Crippen molar-refractivity contribution in [3.05, 3.63) is 56.8 Å². The van der Waals surface area contributed by atoms with Crippen molar-refractivity contribution in [2.75, 3.05) is 5.73 Å². The van der Waals surface area contributed by atoms with E-state index in [-0.39, 0.29) is 17.9 Å². The Morgan fingerprint density at radius 3 is 2.65 bits per heavy atom. The lowest BCUT2D eigenvalue weighted by molar-refractivity contribution is -0.384. The van der Waals surface area contributed by atoms with Crippen molar-refractivity contribution in [1.82, 2.24) is 9.13 Å². The number of hydrogen-bond acceptors (Lipinski definition) is 4. The summed E-state index contributed by atoms with van der Waals surface area (Å²) in [4.78, 5) is 22.3. The molecule has 0 bridgehead atoms. The highest BCUT2D eigenvalue weighted by atomic mass is 16.6. The summed E-state index contributed by atoms with van der Waals surface area (Å²) in [5.74, 6) is 0. The molecule has 0 fully saturated rings. The van der Waals surface area contributed by atoms with E-state index in [4.69, 9.17) is 5.73 Å². The van der Waals surface area contributed by atoms with Crippen molar-refractivity contribution in [3.63, 3.8) is 0 Å². The van der Waals surface area contributed by atoms with Gasteiger partial charge in [-0.2, -0.15) is 0 Å². The lowest BCUT2D eigenvalue weighted by Gasteiger charge is -2.06. The fraction of sp³-hybridized carbons (Fsp3) is 0.308. The molecule has 2 N–H and O–H groups in total. The van der Waals surface area contributed by atoms with Gasteiger partial charge in [0.2, 0.25) is 0 Å². The van der Waals surface area contributed by atoms with Crippen LogP contribution in [-0.4, -0.2) is 14.1 Å². The van der Waals surface area contributed by atoms with E-state index >= 15 is 0 Å². The van der Waals surface area contributed by atoms with Crippen LogP contribution in [0.4, 0.5) is 11.4 Å². The normalized spacial score (nSPS) is 10.7. The SMILES string of the molecule is CCCn1ccn(Cc2cc([N+](=O)[O-])ccc2N)c1=O. The van der Waals surface area contributed by atoms with Crippen molar-refractivity contribution in [3.8, 4) is 0 Å². The van der Waals surface area contributed by atoms with E-state index < -0.39 is 4.92 Å². The van der Waals surface area contributed by atoms with Gasteiger partial charge >= 0.3 is 5.69 Å². The zero-order valence-electron chi connectivity index (χ0n) is 11.2. The number of anilines is 1. The number of nitrogen functional groups attached to an aromatic ring is 1. The van der Waals surface area contributed by atoms with E-state index in [1.54, 1.807) is 17.0 Å². The van der Waals surface area contributed by atoms with Gasteiger partial charge in [0.1, 0.15) is 0 Å². The smallest absolute Gasteiger partial charge is 0.328 e. The number of aromatic nitrogens is 2. The Hall–Kier alpha value is -2.57. The van der Waals surface area contributed by atoms with Crippen LogP contribution >= 0.6 is 0 Å². The molecule has 1 aromatic carbocycles. The maximum absolute atomic E-state index is 12.0. The predicted octanol–water partition coefficient (Wildman–Crippen LogP) is 1.60. The quantitative estimate of drug-likeness (QED) is 0.509. The van der Waals surface area contributed by atoms with Gasteiger partial charge in [0.05, 0.1) is 11.5 Å². The van der Waals surface area contributed by atoms with E-state index in [9.17, 15) is 14.9 Å². The molecule has 0 aliphatic rings. The fourth-order valence-corrected chi connectivity index (χ4v) is 2.01. The number of imidazole rings is 1. The van der Waals surface area contributed by atoms with E-state index in [0.29, 0.717) is 17.8 Å². The summed E-state index contributed by atoms with van der Waals surface area (Å²) in [6.45, 7) is 2.86. The number of nitro groups is 1. The van der Waals surface area contributed by atoms with Crippen LogP contribution in [0.25, 0.3) is 0 Å². The average molecular weight is 276 g/mol. The zero-order chi connectivity index (χ0) is 14.7. The van der Waals surface area contributed by atoms with Crippen LogP contribution in [0.5, 0.6) is 0 Å². The molecule has 0 radical (unpaired) electrons. The van der Waals surface area contributed by atoms with Gasteiger partial charge in [-0.15, -0.1) is 0 Å². The molecule has 0 saturated heterocycles. The Balaban J connectivity index is 2.32. The van der Waals surface area contributed by atoms with Crippen LogP contribution in [0.2, 0.25) is 0 Å². The number of rotatable bonds is 5. The van der Waals surface area contributed by atoms with Gasteiger partial charge in [-0.3, -0.25) is 19.2 Å². The van der Waals surface area contributed by atoms with E-state index in [1.807, 2.05) is 6.92 Å². The first-order chi connectivity index (χ1) is 9.52. The Morgan fingerprint density at radius 2 is 2.00 bits per heavy atom. The Bertz CT molecular complexity index is 687. The minimum atomic E-state index is -0.478. The van der Waals surface area contributed by atoms with Gasteiger partial charge in [0, 0.05) is 42.3 Å². The maximum atomic E-state index is 12.0. The molecular weight excluding hydrogens is 260 g/mol. The molecule has 1 aromatic heterocycles.